The lowest BCUT2D eigenvalue weighted by molar-refractivity contribution is 0.585. The van der Waals surface area contributed by atoms with Crippen LogP contribution >= 0.6 is 0 Å². The van der Waals surface area contributed by atoms with E-state index in [0.717, 1.165) is 17.9 Å². The molecule has 6 nitrogen and oxygen atoms in total. The lowest BCUT2D eigenvalue weighted by Crippen LogP contribution is -2.10. The average molecular weight is 206 g/mol. The van der Waals surface area contributed by atoms with Gasteiger partial charge in [0, 0.05) is 19.4 Å². The number of aromatic nitrogens is 5. The Hall–Kier alpha value is -1.85. The minimum atomic E-state index is 0.506. The number of aryl methyl sites for hydroxylation is 1. The first-order chi connectivity index (χ1) is 7.22. The van der Waals surface area contributed by atoms with Crippen molar-refractivity contribution in [1.82, 2.24) is 24.5 Å². The summed E-state index contributed by atoms with van der Waals surface area (Å²) in [5.41, 5.74) is 6.65. The van der Waals surface area contributed by atoms with E-state index in [1.54, 1.807) is 10.9 Å². The molecule has 80 valence electrons. The van der Waals surface area contributed by atoms with E-state index in [1.807, 2.05) is 24.7 Å². The third kappa shape index (κ3) is 1.70. The van der Waals surface area contributed by atoms with E-state index in [1.165, 1.54) is 0 Å². The first-order valence-electron chi connectivity index (χ1n) is 4.86. The second kappa shape index (κ2) is 3.72. The van der Waals surface area contributed by atoms with E-state index in [2.05, 4.69) is 15.3 Å². The quantitative estimate of drug-likeness (QED) is 0.778. The van der Waals surface area contributed by atoms with E-state index < -0.39 is 0 Å². The Kier molecular flexibility index (Phi) is 2.40. The fourth-order valence-electron chi connectivity index (χ4n) is 1.52. The first-order valence-corrected chi connectivity index (χ1v) is 4.86. The molecule has 0 radical (unpaired) electrons. The highest BCUT2D eigenvalue weighted by molar-refractivity contribution is 5.32. The predicted octanol–water partition coefficient (Wildman–Crippen LogP) is 0.204. The Morgan fingerprint density at radius 1 is 1.47 bits per heavy atom. The van der Waals surface area contributed by atoms with Gasteiger partial charge in [-0.2, -0.15) is 0 Å². The van der Waals surface area contributed by atoms with Crippen LogP contribution in [0.3, 0.4) is 0 Å². The molecular weight excluding hydrogens is 192 g/mol. The summed E-state index contributed by atoms with van der Waals surface area (Å²) in [4.78, 5) is 4.23. The summed E-state index contributed by atoms with van der Waals surface area (Å²) < 4.78 is 3.75. The Labute approximate surface area is 87.7 Å². The zero-order valence-corrected chi connectivity index (χ0v) is 8.88. The van der Waals surface area contributed by atoms with Gasteiger partial charge in [-0.1, -0.05) is 12.1 Å². The fraction of sp³-hybridized carbons (Fsp3) is 0.444. The molecule has 0 saturated heterocycles. The maximum absolute atomic E-state index is 5.70. The minimum Gasteiger partial charge on any atom is -0.381 e. The molecule has 0 bridgehead atoms. The number of hydrogen-bond acceptors (Lipinski definition) is 4. The molecule has 2 rings (SSSR count). The van der Waals surface area contributed by atoms with Crippen molar-refractivity contribution in [2.24, 2.45) is 7.05 Å². The SMILES string of the molecule is CCc1c(N)nnn1Cc1nccn1C. The van der Waals surface area contributed by atoms with Gasteiger partial charge in [-0.25, -0.2) is 9.67 Å². The Bertz CT molecular complexity index is 455. The van der Waals surface area contributed by atoms with Crippen LogP contribution in [0.2, 0.25) is 0 Å². The van der Waals surface area contributed by atoms with Gasteiger partial charge in [0.05, 0.1) is 5.69 Å². The fourth-order valence-corrected chi connectivity index (χ4v) is 1.52. The molecule has 0 fully saturated rings. The van der Waals surface area contributed by atoms with Crippen LogP contribution in [0.1, 0.15) is 18.4 Å². The molecule has 0 amide bonds. The Morgan fingerprint density at radius 3 is 2.87 bits per heavy atom. The number of nitrogen functional groups attached to an aromatic ring is 1. The molecule has 0 saturated carbocycles. The second-order valence-electron chi connectivity index (χ2n) is 3.39. The zero-order chi connectivity index (χ0) is 10.8. The van der Waals surface area contributed by atoms with Gasteiger partial charge >= 0.3 is 0 Å². The number of hydrogen-bond donors (Lipinski definition) is 1. The molecule has 0 aliphatic carbocycles. The van der Waals surface area contributed by atoms with Gasteiger partial charge in [0.2, 0.25) is 0 Å². The molecule has 2 aromatic rings. The van der Waals surface area contributed by atoms with Crippen LogP contribution in [0.4, 0.5) is 5.82 Å². The maximum Gasteiger partial charge on any atom is 0.169 e. The molecule has 0 atom stereocenters. The summed E-state index contributed by atoms with van der Waals surface area (Å²) in [5.74, 6) is 1.45. The van der Waals surface area contributed by atoms with Gasteiger partial charge in [-0.15, -0.1) is 5.10 Å². The summed E-state index contributed by atoms with van der Waals surface area (Å²) in [6.07, 6.45) is 4.49. The van der Waals surface area contributed by atoms with E-state index >= 15 is 0 Å². The lowest BCUT2D eigenvalue weighted by Gasteiger charge is -2.04. The van der Waals surface area contributed by atoms with Gasteiger partial charge < -0.3 is 10.3 Å². The van der Waals surface area contributed by atoms with Crippen molar-refractivity contribution in [2.45, 2.75) is 19.9 Å². The second-order valence-corrected chi connectivity index (χ2v) is 3.39. The van der Waals surface area contributed by atoms with Crippen LogP contribution in [0, 0.1) is 0 Å². The van der Waals surface area contributed by atoms with Gasteiger partial charge in [-0.3, -0.25) is 0 Å². The third-order valence-electron chi connectivity index (χ3n) is 2.41. The van der Waals surface area contributed by atoms with Crippen molar-refractivity contribution in [3.05, 3.63) is 23.9 Å². The van der Waals surface area contributed by atoms with Crippen molar-refractivity contribution in [3.63, 3.8) is 0 Å². The molecule has 0 spiro atoms. The normalized spacial score (nSPS) is 10.8. The average Bonchev–Trinajstić information content (AvgIpc) is 2.76. The molecule has 6 heteroatoms. The summed E-state index contributed by atoms with van der Waals surface area (Å²) in [7, 11) is 1.95. The summed E-state index contributed by atoms with van der Waals surface area (Å²) in [6.45, 7) is 2.64. The zero-order valence-electron chi connectivity index (χ0n) is 8.88. The molecule has 15 heavy (non-hydrogen) atoms. The Morgan fingerprint density at radius 2 is 2.27 bits per heavy atom. The van der Waals surface area contributed by atoms with Crippen LogP contribution in [-0.2, 0) is 20.0 Å². The van der Waals surface area contributed by atoms with Crippen molar-refractivity contribution < 1.29 is 0 Å². The molecule has 2 heterocycles. The van der Waals surface area contributed by atoms with Crippen molar-refractivity contribution in [3.8, 4) is 0 Å². The minimum absolute atomic E-state index is 0.506. The van der Waals surface area contributed by atoms with E-state index in [9.17, 15) is 0 Å². The Balaban J connectivity index is 2.28. The summed E-state index contributed by atoms with van der Waals surface area (Å²) in [5, 5.41) is 7.84. The highest BCUT2D eigenvalue weighted by Gasteiger charge is 2.09. The van der Waals surface area contributed by atoms with Gasteiger partial charge in [-0.05, 0) is 6.42 Å². The predicted molar refractivity (Wildman–Crippen MR) is 56.1 cm³/mol. The van der Waals surface area contributed by atoms with Gasteiger partial charge in [0.1, 0.15) is 12.4 Å². The number of nitrogens with two attached hydrogens (primary N) is 1. The van der Waals surface area contributed by atoms with Crippen molar-refractivity contribution >= 4 is 5.82 Å². The molecule has 2 N–H and O–H groups in total. The molecule has 2 aromatic heterocycles. The van der Waals surface area contributed by atoms with E-state index in [0.29, 0.717) is 12.4 Å². The highest BCUT2D eigenvalue weighted by atomic mass is 15.4. The largest absolute Gasteiger partial charge is 0.381 e. The van der Waals surface area contributed by atoms with Crippen molar-refractivity contribution in [1.29, 1.82) is 0 Å². The smallest absolute Gasteiger partial charge is 0.169 e. The maximum atomic E-state index is 5.70. The third-order valence-corrected chi connectivity index (χ3v) is 2.41. The van der Waals surface area contributed by atoms with E-state index in [4.69, 9.17) is 5.73 Å². The molecular formula is C9H14N6. The van der Waals surface area contributed by atoms with Crippen LogP contribution in [-0.4, -0.2) is 24.5 Å². The number of rotatable bonds is 3. The van der Waals surface area contributed by atoms with E-state index in [-0.39, 0.29) is 0 Å². The monoisotopic (exact) mass is 206 g/mol. The number of anilines is 1. The van der Waals surface area contributed by atoms with Crippen LogP contribution in [0.25, 0.3) is 0 Å². The standard InChI is InChI=1S/C9H14N6/c1-3-7-9(10)12-13-15(7)6-8-11-4-5-14(8)2/h4-5H,3,6,10H2,1-2H3. The lowest BCUT2D eigenvalue weighted by atomic mass is 10.3. The van der Waals surface area contributed by atoms with Gasteiger partial charge in [0.25, 0.3) is 0 Å². The van der Waals surface area contributed by atoms with Crippen molar-refractivity contribution in [2.75, 3.05) is 5.73 Å². The highest BCUT2D eigenvalue weighted by Crippen LogP contribution is 2.09. The van der Waals surface area contributed by atoms with Crippen LogP contribution in [0.15, 0.2) is 12.4 Å². The van der Waals surface area contributed by atoms with Gasteiger partial charge in [0.15, 0.2) is 5.82 Å². The van der Waals surface area contributed by atoms with Crippen LogP contribution in [0.5, 0.6) is 0 Å². The molecule has 0 aliphatic rings. The molecule has 0 unspecified atom stereocenters. The number of nitrogens with zero attached hydrogens (tertiary/aromatic N) is 5. The first kappa shape index (κ1) is 9.70. The summed E-state index contributed by atoms with van der Waals surface area (Å²) in [6, 6.07) is 0. The molecule has 0 aliphatic heterocycles. The topological polar surface area (TPSA) is 74.6 Å². The number of imidazole rings is 1. The molecule has 0 aromatic carbocycles. The summed E-state index contributed by atoms with van der Waals surface area (Å²) >= 11 is 0. The van der Waals surface area contributed by atoms with Crippen LogP contribution < -0.4 is 5.73 Å².